The molecule has 0 aliphatic carbocycles. The van der Waals surface area contributed by atoms with E-state index in [9.17, 15) is 8.42 Å². The number of nitrogens with one attached hydrogen (secondary N) is 1. The van der Waals surface area contributed by atoms with Crippen molar-refractivity contribution >= 4 is 22.1 Å². The van der Waals surface area contributed by atoms with Crippen LogP contribution in [0, 0.1) is 4.77 Å². The molecule has 80 valence electrons. The molecule has 0 aromatic carbocycles. The van der Waals surface area contributed by atoms with Gasteiger partial charge in [-0.3, -0.25) is 5.10 Å². The molecule has 14 heavy (non-hydrogen) atoms. The fourth-order valence-electron chi connectivity index (χ4n) is 1.21. The molecule has 1 rings (SSSR count). The molecule has 0 atom stereocenters. The lowest BCUT2D eigenvalue weighted by Gasteiger charge is -2.08. The maximum Gasteiger partial charge on any atom is 0.195 e. The summed E-state index contributed by atoms with van der Waals surface area (Å²) in [7, 11) is -3.07. The van der Waals surface area contributed by atoms with Gasteiger partial charge in [-0.05, 0) is 26.1 Å². The van der Waals surface area contributed by atoms with Crippen LogP contribution in [0.3, 0.4) is 0 Å². The lowest BCUT2D eigenvalue weighted by Crippen LogP contribution is -2.11. The second-order valence-corrected chi connectivity index (χ2v) is 6.01. The molecule has 1 N–H and O–H groups in total. The number of nitrogens with zero attached hydrogens (tertiary/aromatic N) is 2. The van der Waals surface area contributed by atoms with Gasteiger partial charge in [0.15, 0.2) is 14.6 Å². The van der Waals surface area contributed by atoms with Crippen molar-refractivity contribution in [3.63, 3.8) is 0 Å². The summed E-state index contributed by atoms with van der Waals surface area (Å²) >= 11 is 4.99. The zero-order chi connectivity index (χ0) is 10.9. The summed E-state index contributed by atoms with van der Waals surface area (Å²) in [4.78, 5) is 0. The van der Waals surface area contributed by atoms with Gasteiger partial charge in [0, 0.05) is 12.3 Å². The first kappa shape index (κ1) is 11.4. The van der Waals surface area contributed by atoms with Crippen LogP contribution in [0.5, 0.6) is 0 Å². The van der Waals surface area contributed by atoms with Gasteiger partial charge in [-0.2, -0.15) is 5.10 Å². The minimum absolute atomic E-state index is 0.0850. The van der Waals surface area contributed by atoms with E-state index in [0.717, 1.165) is 0 Å². The van der Waals surface area contributed by atoms with Crippen molar-refractivity contribution in [2.24, 2.45) is 0 Å². The molecule has 0 unspecified atom stereocenters. The van der Waals surface area contributed by atoms with Crippen LogP contribution in [0.4, 0.5) is 0 Å². The van der Waals surface area contributed by atoms with Gasteiger partial charge < -0.3 is 4.57 Å². The van der Waals surface area contributed by atoms with Crippen LogP contribution in [0.15, 0.2) is 0 Å². The number of aromatic nitrogens is 3. The monoisotopic (exact) mass is 235 g/mol. The van der Waals surface area contributed by atoms with E-state index in [4.69, 9.17) is 12.2 Å². The second kappa shape index (κ2) is 3.82. The zero-order valence-corrected chi connectivity index (χ0v) is 9.94. The Morgan fingerprint density at radius 3 is 2.57 bits per heavy atom. The predicted octanol–water partition coefficient (Wildman–Crippen LogP) is 1.07. The predicted molar refractivity (Wildman–Crippen MR) is 56.3 cm³/mol. The molecule has 1 aromatic rings. The van der Waals surface area contributed by atoms with Crippen LogP contribution in [-0.4, -0.2) is 29.4 Å². The third-order valence-electron chi connectivity index (χ3n) is 1.69. The summed E-state index contributed by atoms with van der Waals surface area (Å²) in [6.07, 6.45) is 1.18. The Morgan fingerprint density at radius 2 is 2.14 bits per heavy atom. The van der Waals surface area contributed by atoms with Gasteiger partial charge in [0.1, 0.15) is 11.6 Å². The highest BCUT2D eigenvalue weighted by Crippen LogP contribution is 2.10. The normalized spacial score (nSPS) is 12.3. The van der Waals surface area contributed by atoms with Gasteiger partial charge in [-0.1, -0.05) is 0 Å². The van der Waals surface area contributed by atoms with Gasteiger partial charge in [0.25, 0.3) is 0 Å². The minimum Gasteiger partial charge on any atom is -0.301 e. The first-order chi connectivity index (χ1) is 6.31. The Morgan fingerprint density at radius 1 is 1.57 bits per heavy atom. The molecular weight excluding hydrogens is 222 g/mol. The summed E-state index contributed by atoms with van der Waals surface area (Å²) in [5, 5.41) is 6.48. The standard InChI is InChI=1S/C7H13N3O2S2/c1-5(2)10-6(4-14(3,11)12)8-9-7(10)13/h5H,4H2,1-3H3,(H,9,13). The van der Waals surface area contributed by atoms with E-state index in [0.29, 0.717) is 10.6 Å². The van der Waals surface area contributed by atoms with Crippen LogP contribution in [0.25, 0.3) is 0 Å². The molecule has 7 heteroatoms. The first-order valence-electron chi connectivity index (χ1n) is 4.15. The van der Waals surface area contributed by atoms with Crippen LogP contribution >= 0.6 is 12.2 Å². The lowest BCUT2D eigenvalue weighted by atomic mass is 10.4. The topological polar surface area (TPSA) is 67.8 Å². The molecule has 1 heterocycles. The number of H-pyrrole nitrogens is 1. The molecular formula is C7H13N3O2S2. The fraction of sp³-hybridized carbons (Fsp3) is 0.714. The zero-order valence-electron chi connectivity index (χ0n) is 8.31. The summed E-state index contributed by atoms with van der Waals surface area (Å²) < 4.78 is 24.3. The Hall–Kier alpha value is -0.690. The van der Waals surface area contributed by atoms with Gasteiger partial charge in [-0.25, -0.2) is 8.42 Å². The Balaban J connectivity index is 3.17. The van der Waals surface area contributed by atoms with Crippen LogP contribution < -0.4 is 0 Å². The lowest BCUT2D eigenvalue weighted by molar-refractivity contribution is 0.563. The average molecular weight is 235 g/mol. The van der Waals surface area contributed by atoms with E-state index >= 15 is 0 Å². The van der Waals surface area contributed by atoms with Crippen LogP contribution in [0.1, 0.15) is 25.7 Å². The second-order valence-electron chi connectivity index (χ2n) is 3.48. The van der Waals surface area contributed by atoms with Crippen molar-refractivity contribution in [3.8, 4) is 0 Å². The Kier molecular flexibility index (Phi) is 3.10. The van der Waals surface area contributed by atoms with Gasteiger partial charge >= 0.3 is 0 Å². The Labute approximate surface area is 88.1 Å². The molecule has 5 nitrogen and oxygen atoms in total. The van der Waals surface area contributed by atoms with Gasteiger partial charge in [0.2, 0.25) is 0 Å². The smallest absolute Gasteiger partial charge is 0.195 e. The average Bonchev–Trinajstić information content (AvgIpc) is 2.27. The molecule has 0 amide bonds. The van der Waals surface area contributed by atoms with E-state index in [1.54, 1.807) is 4.57 Å². The number of sulfone groups is 1. The highest BCUT2D eigenvalue weighted by Gasteiger charge is 2.13. The largest absolute Gasteiger partial charge is 0.301 e. The third kappa shape index (κ3) is 2.65. The van der Waals surface area contributed by atoms with E-state index in [2.05, 4.69) is 10.2 Å². The van der Waals surface area contributed by atoms with E-state index in [1.807, 2.05) is 13.8 Å². The molecule has 0 bridgehead atoms. The molecule has 0 saturated heterocycles. The summed E-state index contributed by atoms with van der Waals surface area (Å²) in [6.45, 7) is 3.86. The molecule has 0 aliphatic heterocycles. The van der Waals surface area contributed by atoms with Crippen molar-refractivity contribution in [1.29, 1.82) is 0 Å². The van der Waals surface area contributed by atoms with Crippen molar-refractivity contribution in [2.45, 2.75) is 25.6 Å². The summed E-state index contributed by atoms with van der Waals surface area (Å²) in [5.74, 6) is 0.380. The quantitative estimate of drug-likeness (QED) is 0.796. The minimum atomic E-state index is -3.07. The Bertz CT molecular complexity index is 469. The van der Waals surface area contributed by atoms with Crippen LogP contribution in [-0.2, 0) is 15.6 Å². The third-order valence-corrected chi connectivity index (χ3v) is 2.76. The van der Waals surface area contributed by atoms with Gasteiger partial charge in [0.05, 0.1) is 0 Å². The maximum atomic E-state index is 11.1. The number of rotatable bonds is 3. The van der Waals surface area contributed by atoms with Crippen molar-refractivity contribution < 1.29 is 8.42 Å². The van der Waals surface area contributed by atoms with E-state index in [-0.39, 0.29) is 11.8 Å². The van der Waals surface area contributed by atoms with E-state index < -0.39 is 9.84 Å². The molecule has 0 radical (unpaired) electrons. The van der Waals surface area contributed by atoms with Crippen molar-refractivity contribution in [1.82, 2.24) is 14.8 Å². The fourth-order valence-corrected chi connectivity index (χ4v) is 2.24. The molecule has 0 spiro atoms. The molecule has 0 saturated carbocycles. The van der Waals surface area contributed by atoms with E-state index in [1.165, 1.54) is 6.26 Å². The molecule has 0 fully saturated rings. The maximum absolute atomic E-state index is 11.1. The first-order valence-corrected chi connectivity index (χ1v) is 6.61. The number of hydrogen-bond acceptors (Lipinski definition) is 4. The SMILES string of the molecule is CC(C)n1c(CS(C)(=O)=O)n[nH]c1=S. The van der Waals surface area contributed by atoms with Gasteiger partial charge in [-0.15, -0.1) is 0 Å². The molecule has 0 aliphatic rings. The number of hydrogen-bond donors (Lipinski definition) is 1. The highest BCUT2D eigenvalue weighted by atomic mass is 32.2. The van der Waals surface area contributed by atoms with Crippen LogP contribution in [0.2, 0.25) is 0 Å². The van der Waals surface area contributed by atoms with Crippen molar-refractivity contribution in [2.75, 3.05) is 6.26 Å². The van der Waals surface area contributed by atoms with Crippen molar-refractivity contribution in [3.05, 3.63) is 10.6 Å². The highest BCUT2D eigenvalue weighted by molar-refractivity contribution is 7.89. The summed E-state index contributed by atoms with van der Waals surface area (Å²) in [5.41, 5.74) is 0. The molecule has 1 aromatic heterocycles. The number of aromatic amines is 1. The summed E-state index contributed by atoms with van der Waals surface area (Å²) in [6, 6.07) is 0.109.